The molecular weight excluding hydrogens is 448 g/mol. The molecule has 6 nitrogen and oxygen atoms in total. The van der Waals surface area contributed by atoms with E-state index in [9.17, 15) is 4.79 Å². The lowest BCUT2D eigenvalue weighted by atomic mass is 10.1. The predicted molar refractivity (Wildman–Crippen MR) is 139 cm³/mol. The van der Waals surface area contributed by atoms with Gasteiger partial charge in [-0.25, -0.2) is 4.98 Å². The molecule has 4 aromatic rings. The summed E-state index contributed by atoms with van der Waals surface area (Å²) in [6.07, 6.45) is 3.32. The SMILES string of the molecule is Cl.O=C(/C=C/c1ccccc1)Nc1ccccc1-c1nc2ccc(CN3CCNCC3)cc2o1. The minimum Gasteiger partial charge on any atom is -0.436 e. The van der Waals surface area contributed by atoms with Gasteiger partial charge in [0.05, 0.1) is 11.3 Å². The number of amides is 1. The number of aromatic nitrogens is 1. The van der Waals surface area contributed by atoms with Gasteiger partial charge in [-0.1, -0.05) is 48.5 Å². The van der Waals surface area contributed by atoms with Crippen molar-refractivity contribution in [3.63, 3.8) is 0 Å². The van der Waals surface area contributed by atoms with Crippen LogP contribution < -0.4 is 10.6 Å². The molecule has 0 bridgehead atoms. The highest BCUT2D eigenvalue weighted by Crippen LogP contribution is 2.30. The fourth-order valence-electron chi connectivity index (χ4n) is 4.00. The Morgan fingerprint density at radius 3 is 2.62 bits per heavy atom. The Balaban J connectivity index is 0.00000274. The lowest BCUT2D eigenvalue weighted by Gasteiger charge is -2.27. The number of piperazine rings is 1. The van der Waals surface area contributed by atoms with Gasteiger partial charge in [0.2, 0.25) is 11.8 Å². The number of hydrogen-bond acceptors (Lipinski definition) is 5. The van der Waals surface area contributed by atoms with E-state index in [1.165, 1.54) is 11.6 Å². The van der Waals surface area contributed by atoms with Gasteiger partial charge in [-0.05, 0) is 41.5 Å². The van der Waals surface area contributed by atoms with Crippen LogP contribution in [0, 0.1) is 0 Å². The first-order valence-electron chi connectivity index (χ1n) is 11.2. The second-order valence-electron chi connectivity index (χ2n) is 8.13. The maximum atomic E-state index is 12.5. The zero-order valence-corrected chi connectivity index (χ0v) is 19.6. The molecule has 1 fully saturated rings. The number of rotatable bonds is 6. The zero-order valence-electron chi connectivity index (χ0n) is 18.7. The fraction of sp³-hybridized carbons (Fsp3) is 0.185. The predicted octanol–water partition coefficient (Wildman–Crippen LogP) is 4.97. The Hall–Kier alpha value is -3.45. The quantitative estimate of drug-likeness (QED) is 0.386. The van der Waals surface area contributed by atoms with E-state index in [4.69, 9.17) is 4.42 Å². The van der Waals surface area contributed by atoms with Gasteiger partial charge in [0.15, 0.2) is 5.58 Å². The fourth-order valence-corrected chi connectivity index (χ4v) is 4.00. The molecule has 0 radical (unpaired) electrons. The van der Waals surface area contributed by atoms with Crippen LogP contribution in [0.4, 0.5) is 5.69 Å². The summed E-state index contributed by atoms with van der Waals surface area (Å²) in [6.45, 7) is 5.04. The van der Waals surface area contributed by atoms with Gasteiger partial charge in [-0.15, -0.1) is 12.4 Å². The van der Waals surface area contributed by atoms with E-state index in [1.807, 2.05) is 60.7 Å². The van der Waals surface area contributed by atoms with Gasteiger partial charge in [0.1, 0.15) is 5.52 Å². The van der Waals surface area contributed by atoms with E-state index in [2.05, 4.69) is 32.7 Å². The first-order valence-corrected chi connectivity index (χ1v) is 11.2. The number of halogens is 1. The van der Waals surface area contributed by atoms with Crippen LogP contribution in [0.15, 0.2) is 83.3 Å². The smallest absolute Gasteiger partial charge is 0.248 e. The summed E-state index contributed by atoms with van der Waals surface area (Å²) in [6, 6.07) is 23.5. The van der Waals surface area contributed by atoms with Crippen LogP contribution in [0.5, 0.6) is 0 Å². The molecule has 0 unspecified atom stereocenters. The molecule has 1 aliphatic rings. The third kappa shape index (κ3) is 5.72. The van der Waals surface area contributed by atoms with Gasteiger partial charge in [-0.2, -0.15) is 0 Å². The lowest BCUT2D eigenvalue weighted by Crippen LogP contribution is -2.42. The molecule has 1 amide bonds. The van der Waals surface area contributed by atoms with Crippen LogP contribution in [0.1, 0.15) is 11.1 Å². The molecule has 1 aromatic heterocycles. The summed E-state index contributed by atoms with van der Waals surface area (Å²) >= 11 is 0. The number of anilines is 1. The number of hydrogen-bond donors (Lipinski definition) is 2. The Morgan fingerprint density at radius 2 is 1.79 bits per heavy atom. The van der Waals surface area contributed by atoms with E-state index >= 15 is 0 Å². The van der Waals surface area contributed by atoms with E-state index in [1.54, 1.807) is 6.08 Å². The molecule has 1 aliphatic heterocycles. The van der Waals surface area contributed by atoms with Crippen LogP contribution >= 0.6 is 12.4 Å². The Morgan fingerprint density at radius 1 is 1.03 bits per heavy atom. The largest absolute Gasteiger partial charge is 0.436 e. The minimum absolute atomic E-state index is 0. The highest BCUT2D eigenvalue weighted by atomic mass is 35.5. The zero-order chi connectivity index (χ0) is 22.5. The summed E-state index contributed by atoms with van der Waals surface area (Å²) in [5.74, 6) is 0.285. The molecule has 174 valence electrons. The first kappa shape index (κ1) is 23.7. The molecular formula is C27H27ClN4O2. The normalized spacial score (nSPS) is 14.2. The molecule has 0 aliphatic carbocycles. The van der Waals surface area contributed by atoms with Crippen LogP contribution in [-0.2, 0) is 11.3 Å². The summed E-state index contributed by atoms with van der Waals surface area (Å²) in [4.78, 5) is 19.6. The minimum atomic E-state index is -0.208. The Bertz CT molecular complexity index is 1280. The molecule has 0 saturated carbocycles. The average Bonchev–Trinajstić information content (AvgIpc) is 3.28. The van der Waals surface area contributed by atoms with Gasteiger partial charge in [0.25, 0.3) is 0 Å². The van der Waals surface area contributed by atoms with Gasteiger partial charge < -0.3 is 15.1 Å². The number of para-hydroxylation sites is 1. The van der Waals surface area contributed by atoms with Crippen molar-refractivity contribution >= 4 is 41.2 Å². The number of benzene rings is 3. The molecule has 5 rings (SSSR count). The van der Waals surface area contributed by atoms with Crippen molar-refractivity contribution in [3.8, 4) is 11.5 Å². The van der Waals surface area contributed by atoms with E-state index in [0.717, 1.165) is 55.0 Å². The highest BCUT2D eigenvalue weighted by Gasteiger charge is 2.15. The van der Waals surface area contributed by atoms with E-state index in [-0.39, 0.29) is 18.3 Å². The van der Waals surface area contributed by atoms with Crippen LogP contribution in [-0.4, -0.2) is 42.0 Å². The molecule has 2 heterocycles. The molecule has 0 atom stereocenters. The third-order valence-corrected chi connectivity index (χ3v) is 5.71. The lowest BCUT2D eigenvalue weighted by molar-refractivity contribution is -0.111. The van der Waals surface area contributed by atoms with Crippen molar-refractivity contribution in [2.45, 2.75) is 6.54 Å². The molecule has 3 aromatic carbocycles. The van der Waals surface area contributed by atoms with Gasteiger partial charge in [0, 0.05) is 38.8 Å². The van der Waals surface area contributed by atoms with Crippen LogP contribution in [0.3, 0.4) is 0 Å². The molecule has 2 N–H and O–H groups in total. The number of fused-ring (bicyclic) bond motifs is 1. The summed E-state index contributed by atoms with van der Waals surface area (Å²) in [5, 5.41) is 6.33. The van der Waals surface area contributed by atoms with Crippen molar-refractivity contribution in [1.29, 1.82) is 0 Å². The second-order valence-corrected chi connectivity index (χ2v) is 8.13. The second kappa shape index (κ2) is 11.1. The standard InChI is InChI=1S/C27H26N4O2.ClH/c32-26(13-11-20-6-2-1-3-7-20)29-23-9-5-4-8-22(23)27-30-24-12-10-21(18-25(24)33-27)19-31-16-14-28-15-17-31;/h1-13,18,28H,14-17,19H2,(H,29,32);1H/b13-11+;. The summed E-state index contributed by atoms with van der Waals surface area (Å²) in [7, 11) is 0. The van der Waals surface area contributed by atoms with Crippen molar-refractivity contribution in [2.24, 2.45) is 0 Å². The Labute approximate surface area is 205 Å². The maximum Gasteiger partial charge on any atom is 0.248 e. The molecule has 0 spiro atoms. The third-order valence-electron chi connectivity index (χ3n) is 5.71. The van der Waals surface area contributed by atoms with Crippen LogP contribution in [0.2, 0.25) is 0 Å². The molecule has 7 heteroatoms. The number of carbonyl (C=O) groups excluding carboxylic acids is 1. The van der Waals surface area contributed by atoms with E-state index in [0.29, 0.717) is 11.6 Å². The number of nitrogens with one attached hydrogen (secondary N) is 2. The molecule has 34 heavy (non-hydrogen) atoms. The van der Waals surface area contributed by atoms with E-state index < -0.39 is 0 Å². The number of carbonyl (C=O) groups is 1. The first-order chi connectivity index (χ1) is 16.2. The maximum absolute atomic E-state index is 12.5. The highest BCUT2D eigenvalue weighted by molar-refractivity contribution is 6.04. The summed E-state index contributed by atoms with van der Waals surface area (Å²) < 4.78 is 6.12. The number of oxazole rings is 1. The van der Waals surface area contributed by atoms with Crippen molar-refractivity contribution < 1.29 is 9.21 Å². The van der Waals surface area contributed by atoms with Gasteiger partial charge in [-0.3, -0.25) is 9.69 Å². The number of nitrogens with zero attached hydrogens (tertiary/aromatic N) is 2. The van der Waals surface area contributed by atoms with Crippen molar-refractivity contribution in [2.75, 3.05) is 31.5 Å². The topological polar surface area (TPSA) is 70.4 Å². The van der Waals surface area contributed by atoms with Crippen LogP contribution in [0.25, 0.3) is 28.6 Å². The molecule has 1 saturated heterocycles. The van der Waals surface area contributed by atoms with Crippen molar-refractivity contribution in [3.05, 3.63) is 90.0 Å². The van der Waals surface area contributed by atoms with Crippen molar-refractivity contribution in [1.82, 2.24) is 15.2 Å². The summed E-state index contributed by atoms with van der Waals surface area (Å²) in [5.41, 5.74) is 5.14. The Kier molecular flexibility index (Phi) is 7.75. The van der Waals surface area contributed by atoms with Gasteiger partial charge >= 0.3 is 0 Å². The monoisotopic (exact) mass is 474 g/mol. The average molecular weight is 475 g/mol.